The SMILES string of the molecule is Cc1ccc(C(=O)C[C@@]2(O)C(=O)Nc3c(C)cc(Cl)cc32)cc1. The maximum atomic E-state index is 12.5. The van der Waals surface area contributed by atoms with Crippen LogP contribution in [0, 0.1) is 13.8 Å². The van der Waals surface area contributed by atoms with Crippen LogP contribution in [0.4, 0.5) is 5.69 Å². The van der Waals surface area contributed by atoms with Crippen molar-refractivity contribution in [1.82, 2.24) is 0 Å². The molecule has 0 aromatic heterocycles. The Morgan fingerprint density at radius 1 is 1.22 bits per heavy atom. The van der Waals surface area contributed by atoms with Crippen molar-refractivity contribution in [2.75, 3.05) is 5.32 Å². The van der Waals surface area contributed by atoms with Gasteiger partial charge in [0.15, 0.2) is 11.4 Å². The molecule has 1 atom stereocenters. The molecule has 2 aromatic carbocycles. The van der Waals surface area contributed by atoms with E-state index in [0.717, 1.165) is 11.1 Å². The van der Waals surface area contributed by atoms with Crippen LogP contribution in [0.15, 0.2) is 36.4 Å². The summed E-state index contributed by atoms with van der Waals surface area (Å²) in [4.78, 5) is 24.8. The highest BCUT2D eigenvalue weighted by molar-refractivity contribution is 6.31. The molecule has 0 radical (unpaired) electrons. The summed E-state index contributed by atoms with van der Waals surface area (Å²) in [5.74, 6) is -0.897. The number of halogens is 1. The third-order valence-electron chi connectivity index (χ3n) is 4.15. The van der Waals surface area contributed by atoms with Crippen LogP contribution in [0.5, 0.6) is 0 Å². The molecule has 0 bridgehead atoms. The van der Waals surface area contributed by atoms with Gasteiger partial charge in [0.2, 0.25) is 0 Å². The number of carbonyl (C=O) groups excluding carboxylic acids is 2. The van der Waals surface area contributed by atoms with Gasteiger partial charge in [-0.1, -0.05) is 41.4 Å². The van der Waals surface area contributed by atoms with Crippen LogP contribution in [0.1, 0.15) is 33.5 Å². The summed E-state index contributed by atoms with van der Waals surface area (Å²) in [5.41, 5.74) is 1.23. The molecule has 0 fully saturated rings. The maximum Gasteiger partial charge on any atom is 0.261 e. The molecular formula is C18H16ClNO3. The van der Waals surface area contributed by atoms with Crippen LogP contribution in [-0.2, 0) is 10.4 Å². The molecule has 1 heterocycles. The summed E-state index contributed by atoms with van der Waals surface area (Å²) < 4.78 is 0. The van der Waals surface area contributed by atoms with E-state index in [4.69, 9.17) is 11.6 Å². The third kappa shape index (κ3) is 2.64. The van der Waals surface area contributed by atoms with Gasteiger partial charge in [-0.15, -0.1) is 0 Å². The second kappa shape index (κ2) is 5.48. The van der Waals surface area contributed by atoms with Gasteiger partial charge in [-0.2, -0.15) is 0 Å². The normalized spacial score (nSPS) is 19.4. The molecule has 118 valence electrons. The lowest BCUT2D eigenvalue weighted by molar-refractivity contribution is -0.133. The van der Waals surface area contributed by atoms with Gasteiger partial charge in [-0.3, -0.25) is 9.59 Å². The van der Waals surface area contributed by atoms with Gasteiger partial charge in [0.25, 0.3) is 5.91 Å². The van der Waals surface area contributed by atoms with Crippen molar-refractivity contribution in [3.8, 4) is 0 Å². The summed E-state index contributed by atoms with van der Waals surface area (Å²) in [7, 11) is 0. The number of aliphatic hydroxyl groups is 1. The number of rotatable bonds is 3. The predicted molar refractivity (Wildman–Crippen MR) is 88.8 cm³/mol. The van der Waals surface area contributed by atoms with Crippen molar-refractivity contribution in [3.05, 3.63) is 63.7 Å². The van der Waals surface area contributed by atoms with Crippen LogP contribution >= 0.6 is 11.6 Å². The van der Waals surface area contributed by atoms with Crippen molar-refractivity contribution >= 4 is 29.0 Å². The molecule has 1 amide bonds. The zero-order valence-corrected chi connectivity index (χ0v) is 13.6. The number of anilines is 1. The highest BCUT2D eigenvalue weighted by Crippen LogP contribution is 2.42. The van der Waals surface area contributed by atoms with Gasteiger partial charge >= 0.3 is 0 Å². The van der Waals surface area contributed by atoms with E-state index in [-0.39, 0.29) is 12.2 Å². The van der Waals surface area contributed by atoms with E-state index in [1.165, 1.54) is 6.07 Å². The Bertz CT molecular complexity index is 814. The molecule has 1 aliphatic rings. The zero-order chi connectivity index (χ0) is 16.8. The minimum absolute atomic E-state index is 0.298. The van der Waals surface area contributed by atoms with Gasteiger partial charge in [-0.25, -0.2) is 0 Å². The molecule has 0 saturated carbocycles. The van der Waals surface area contributed by atoms with E-state index in [0.29, 0.717) is 21.8 Å². The maximum absolute atomic E-state index is 12.5. The molecule has 0 saturated heterocycles. The van der Waals surface area contributed by atoms with Crippen molar-refractivity contribution < 1.29 is 14.7 Å². The largest absolute Gasteiger partial charge is 0.375 e. The summed E-state index contributed by atoms with van der Waals surface area (Å²) in [6.45, 7) is 3.71. The van der Waals surface area contributed by atoms with E-state index in [2.05, 4.69) is 5.32 Å². The molecule has 3 rings (SSSR count). The Morgan fingerprint density at radius 2 is 1.87 bits per heavy atom. The Labute approximate surface area is 139 Å². The van der Waals surface area contributed by atoms with E-state index in [1.54, 1.807) is 25.1 Å². The zero-order valence-electron chi connectivity index (χ0n) is 12.8. The Morgan fingerprint density at radius 3 is 2.52 bits per heavy atom. The van der Waals surface area contributed by atoms with Crippen LogP contribution in [0.2, 0.25) is 5.02 Å². The van der Waals surface area contributed by atoms with E-state index in [1.807, 2.05) is 19.1 Å². The Balaban J connectivity index is 1.98. The molecule has 2 N–H and O–H groups in total. The summed E-state index contributed by atoms with van der Waals surface area (Å²) in [6, 6.07) is 10.3. The number of Topliss-reactive ketones (excluding diaryl/α,β-unsaturated/α-hetero) is 1. The number of carbonyl (C=O) groups is 2. The predicted octanol–water partition coefficient (Wildman–Crippen LogP) is 3.37. The molecule has 0 unspecified atom stereocenters. The number of ketones is 1. The first-order valence-electron chi connectivity index (χ1n) is 7.25. The summed E-state index contributed by atoms with van der Waals surface area (Å²) >= 11 is 6.04. The number of nitrogens with one attached hydrogen (secondary N) is 1. The highest BCUT2D eigenvalue weighted by Gasteiger charge is 2.47. The quantitative estimate of drug-likeness (QED) is 0.848. The molecule has 5 heteroatoms. The van der Waals surface area contributed by atoms with E-state index < -0.39 is 11.5 Å². The topological polar surface area (TPSA) is 66.4 Å². The monoisotopic (exact) mass is 329 g/mol. The number of fused-ring (bicyclic) bond motifs is 1. The van der Waals surface area contributed by atoms with Crippen LogP contribution in [0.25, 0.3) is 0 Å². The van der Waals surface area contributed by atoms with Crippen molar-refractivity contribution in [3.63, 3.8) is 0 Å². The lowest BCUT2D eigenvalue weighted by Crippen LogP contribution is -2.36. The summed E-state index contributed by atoms with van der Waals surface area (Å²) in [5, 5.41) is 13.9. The Hall–Kier alpha value is -2.17. The first-order valence-corrected chi connectivity index (χ1v) is 7.63. The Kier molecular flexibility index (Phi) is 3.74. The van der Waals surface area contributed by atoms with Crippen LogP contribution in [0.3, 0.4) is 0 Å². The number of hydrogen-bond donors (Lipinski definition) is 2. The number of amides is 1. The van der Waals surface area contributed by atoms with Gasteiger partial charge in [-0.05, 0) is 31.5 Å². The lowest BCUT2D eigenvalue weighted by Gasteiger charge is -2.20. The average Bonchev–Trinajstić information content (AvgIpc) is 2.73. The second-order valence-electron chi connectivity index (χ2n) is 5.93. The fourth-order valence-electron chi connectivity index (χ4n) is 2.82. The van der Waals surface area contributed by atoms with Crippen molar-refractivity contribution in [2.45, 2.75) is 25.9 Å². The van der Waals surface area contributed by atoms with E-state index >= 15 is 0 Å². The van der Waals surface area contributed by atoms with Crippen molar-refractivity contribution in [1.29, 1.82) is 0 Å². The average molecular weight is 330 g/mol. The van der Waals surface area contributed by atoms with Gasteiger partial charge in [0.1, 0.15) is 0 Å². The molecule has 0 aliphatic carbocycles. The smallest absolute Gasteiger partial charge is 0.261 e. The minimum atomic E-state index is -1.90. The lowest BCUT2D eigenvalue weighted by atomic mass is 9.87. The number of hydrogen-bond acceptors (Lipinski definition) is 3. The molecular weight excluding hydrogens is 314 g/mol. The highest BCUT2D eigenvalue weighted by atomic mass is 35.5. The fraction of sp³-hybridized carbons (Fsp3) is 0.222. The standard InChI is InChI=1S/C18H16ClNO3/c1-10-3-5-12(6-4-10)15(21)9-18(23)14-8-13(19)7-11(2)16(14)20-17(18)22/h3-8,23H,9H2,1-2H3,(H,20,22)/t18-/m0/s1. The third-order valence-corrected chi connectivity index (χ3v) is 4.37. The first kappa shape index (κ1) is 15.7. The first-order chi connectivity index (χ1) is 10.8. The molecule has 2 aromatic rings. The second-order valence-corrected chi connectivity index (χ2v) is 6.36. The van der Waals surface area contributed by atoms with Crippen LogP contribution in [-0.4, -0.2) is 16.8 Å². The van der Waals surface area contributed by atoms with Crippen molar-refractivity contribution in [2.24, 2.45) is 0 Å². The van der Waals surface area contributed by atoms with Crippen LogP contribution < -0.4 is 5.32 Å². The summed E-state index contributed by atoms with van der Waals surface area (Å²) in [6.07, 6.45) is -0.325. The van der Waals surface area contributed by atoms with Gasteiger partial charge in [0.05, 0.1) is 12.1 Å². The fourth-order valence-corrected chi connectivity index (χ4v) is 3.10. The molecule has 1 aliphatic heterocycles. The van der Waals surface area contributed by atoms with E-state index in [9.17, 15) is 14.7 Å². The van der Waals surface area contributed by atoms with Gasteiger partial charge < -0.3 is 10.4 Å². The molecule has 0 spiro atoms. The minimum Gasteiger partial charge on any atom is -0.375 e. The molecule has 23 heavy (non-hydrogen) atoms. The number of aryl methyl sites for hydroxylation is 2. The number of benzene rings is 2. The molecule has 4 nitrogen and oxygen atoms in total. The van der Waals surface area contributed by atoms with Gasteiger partial charge in [0, 0.05) is 16.1 Å².